The number of aliphatic carboxylic acids is 1. The summed E-state index contributed by atoms with van der Waals surface area (Å²) in [5.41, 5.74) is 5.97. The number of halogens is 2. The molecule has 1 saturated carbocycles. The fraction of sp³-hybridized carbons (Fsp3) is 0.471. The Kier molecular flexibility index (Phi) is 3.92. The van der Waals surface area contributed by atoms with Crippen molar-refractivity contribution in [3.63, 3.8) is 0 Å². The Morgan fingerprint density at radius 3 is 2.50 bits per heavy atom. The smallest absolute Gasteiger partial charge is 0.334 e. The van der Waals surface area contributed by atoms with Crippen molar-refractivity contribution < 1.29 is 23.9 Å². The van der Waals surface area contributed by atoms with Gasteiger partial charge in [-0.1, -0.05) is 11.6 Å². The highest BCUT2D eigenvalue weighted by molar-refractivity contribution is 6.52. The van der Waals surface area contributed by atoms with Gasteiger partial charge in [-0.3, -0.25) is 9.59 Å². The number of benzene rings is 1. The van der Waals surface area contributed by atoms with E-state index in [1.54, 1.807) is 4.90 Å². The maximum absolute atomic E-state index is 14.8. The van der Waals surface area contributed by atoms with Gasteiger partial charge in [-0.25, -0.2) is 9.18 Å². The summed E-state index contributed by atoms with van der Waals surface area (Å²) in [6.07, 6.45) is 2.04. The van der Waals surface area contributed by atoms with Crippen molar-refractivity contribution in [3.8, 4) is 0 Å². The van der Waals surface area contributed by atoms with Gasteiger partial charge < -0.3 is 20.6 Å². The highest BCUT2D eigenvalue weighted by atomic mass is 35.5. The molecule has 1 aromatic rings. The number of carbonyl (C=O) groups is 3. The van der Waals surface area contributed by atoms with Gasteiger partial charge in [0.05, 0.1) is 22.0 Å². The van der Waals surface area contributed by atoms with Crippen molar-refractivity contribution in [1.82, 2.24) is 0 Å². The number of ketones is 2. The minimum absolute atomic E-state index is 0.0342. The van der Waals surface area contributed by atoms with E-state index in [1.807, 2.05) is 0 Å². The SMILES string of the molecule is NC1CCN(c2c(F)cc3c(c2Cl)N(C2CC2)C(C(=O)O)C(=O)C3=O)C1. The number of nitrogens with two attached hydrogens (primary N) is 1. The van der Waals surface area contributed by atoms with Crippen molar-refractivity contribution in [2.45, 2.75) is 37.4 Å². The molecule has 1 aliphatic carbocycles. The highest BCUT2D eigenvalue weighted by Crippen LogP contribution is 2.47. The second-order valence-corrected chi connectivity index (χ2v) is 7.36. The molecule has 7 nitrogen and oxygen atoms in total. The van der Waals surface area contributed by atoms with Crippen LogP contribution in [0, 0.1) is 5.82 Å². The molecule has 0 aromatic heterocycles. The van der Waals surface area contributed by atoms with Gasteiger partial charge in [0.25, 0.3) is 0 Å². The van der Waals surface area contributed by atoms with Crippen molar-refractivity contribution >= 4 is 40.5 Å². The number of Topliss-reactive ketones (excluding diaryl/α,β-unsaturated/α-hetero) is 2. The molecule has 26 heavy (non-hydrogen) atoms. The van der Waals surface area contributed by atoms with E-state index in [4.69, 9.17) is 17.3 Å². The summed E-state index contributed by atoms with van der Waals surface area (Å²) in [4.78, 5) is 39.5. The number of carbonyl (C=O) groups excluding carboxylic acids is 2. The molecule has 3 N–H and O–H groups in total. The lowest BCUT2D eigenvalue weighted by Gasteiger charge is -2.37. The van der Waals surface area contributed by atoms with Crippen LogP contribution in [0.2, 0.25) is 5.02 Å². The van der Waals surface area contributed by atoms with Crippen LogP contribution in [0.4, 0.5) is 15.8 Å². The van der Waals surface area contributed by atoms with Gasteiger partial charge in [0, 0.05) is 25.2 Å². The molecule has 0 radical (unpaired) electrons. The van der Waals surface area contributed by atoms with Crippen LogP contribution in [0.1, 0.15) is 29.6 Å². The van der Waals surface area contributed by atoms with Gasteiger partial charge in [-0.15, -0.1) is 0 Å². The molecular weight excluding hydrogens is 365 g/mol. The molecular formula is C17H17ClFN3O4. The Morgan fingerprint density at radius 2 is 1.96 bits per heavy atom. The average Bonchev–Trinajstić information content (AvgIpc) is 3.32. The van der Waals surface area contributed by atoms with Crippen LogP contribution in [0.25, 0.3) is 0 Å². The number of nitrogens with zero attached hydrogens (tertiary/aromatic N) is 2. The number of hydrogen-bond acceptors (Lipinski definition) is 6. The number of hydrogen-bond donors (Lipinski definition) is 2. The van der Waals surface area contributed by atoms with Crippen molar-refractivity contribution in [3.05, 3.63) is 22.5 Å². The molecule has 3 aliphatic rings. The van der Waals surface area contributed by atoms with Crippen LogP contribution < -0.4 is 15.5 Å². The summed E-state index contributed by atoms with van der Waals surface area (Å²) in [6.45, 7) is 0.920. The lowest BCUT2D eigenvalue weighted by Crippen LogP contribution is -2.54. The number of carboxylic acid groups (broad SMARTS) is 1. The molecule has 2 atom stereocenters. The first-order chi connectivity index (χ1) is 12.3. The first kappa shape index (κ1) is 17.2. The molecule has 2 fully saturated rings. The summed E-state index contributed by atoms with van der Waals surface area (Å²) >= 11 is 6.49. The maximum atomic E-state index is 14.8. The van der Waals surface area contributed by atoms with Gasteiger partial charge in [0.2, 0.25) is 11.6 Å². The molecule has 2 unspecified atom stereocenters. The Balaban J connectivity index is 1.92. The normalized spacial score (nSPS) is 25.7. The number of anilines is 2. The predicted octanol–water partition coefficient (Wildman–Crippen LogP) is 1.20. The minimum atomic E-state index is -1.63. The fourth-order valence-corrected chi connectivity index (χ4v) is 4.20. The van der Waals surface area contributed by atoms with E-state index >= 15 is 0 Å². The highest BCUT2D eigenvalue weighted by Gasteiger charge is 2.50. The Labute approximate surface area is 153 Å². The van der Waals surface area contributed by atoms with Crippen LogP contribution in [-0.2, 0) is 9.59 Å². The fourth-order valence-electron chi connectivity index (χ4n) is 3.79. The van der Waals surface area contributed by atoms with Crippen LogP contribution >= 0.6 is 11.6 Å². The number of carboxylic acids is 1. The van der Waals surface area contributed by atoms with Crippen molar-refractivity contribution in [1.29, 1.82) is 0 Å². The molecule has 138 valence electrons. The summed E-state index contributed by atoms with van der Waals surface area (Å²) in [7, 11) is 0. The average molecular weight is 382 g/mol. The lowest BCUT2D eigenvalue weighted by atomic mass is 9.92. The molecule has 1 aromatic carbocycles. The molecule has 2 aliphatic heterocycles. The third-order valence-corrected chi connectivity index (χ3v) is 5.49. The van der Waals surface area contributed by atoms with Crippen LogP contribution in [-0.4, -0.2) is 53.9 Å². The van der Waals surface area contributed by atoms with E-state index in [0.717, 1.165) is 6.07 Å². The molecule has 1 saturated heterocycles. The van der Waals surface area contributed by atoms with E-state index in [2.05, 4.69) is 0 Å². The van der Waals surface area contributed by atoms with Gasteiger partial charge in [-0.05, 0) is 25.3 Å². The summed E-state index contributed by atoms with van der Waals surface area (Å²) in [5.74, 6) is -4.21. The third kappa shape index (κ3) is 2.47. The van der Waals surface area contributed by atoms with Gasteiger partial charge in [0.15, 0.2) is 6.04 Å². The second-order valence-electron chi connectivity index (χ2n) is 6.98. The van der Waals surface area contributed by atoms with Crippen LogP contribution in [0.5, 0.6) is 0 Å². The molecule has 9 heteroatoms. The van der Waals surface area contributed by atoms with Gasteiger partial charge >= 0.3 is 5.97 Å². The zero-order valence-electron chi connectivity index (χ0n) is 13.7. The molecule has 2 heterocycles. The first-order valence-corrected chi connectivity index (χ1v) is 8.81. The Morgan fingerprint density at radius 1 is 1.27 bits per heavy atom. The topological polar surface area (TPSA) is 104 Å². The Hall–Kier alpha value is -2.19. The number of rotatable bonds is 3. The molecule has 4 rings (SSSR count). The Bertz CT molecular complexity index is 842. The van der Waals surface area contributed by atoms with E-state index in [9.17, 15) is 23.9 Å². The van der Waals surface area contributed by atoms with E-state index < -0.39 is 29.4 Å². The molecule has 0 bridgehead atoms. The second kappa shape index (κ2) is 5.92. The maximum Gasteiger partial charge on any atom is 0.334 e. The minimum Gasteiger partial charge on any atom is -0.479 e. The first-order valence-electron chi connectivity index (χ1n) is 8.43. The van der Waals surface area contributed by atoms with Crippen LogP contribution in [0.3, 0.4) is 0 Å². The number of fused-ring (bicyclic) bond motifs is 1. The predicted molar refractivity (Wildman–Crippen MR) is 92.5 cm³/mol. The lowest BCUT2D eigenvalue weighted by molar-refractivity contribution is -0.141. The van der Waals surface area contributed by atoms with E-state index in [0.29, 0.717) is 32.4 Å². The molecule has 0 spiro atoms. The zero-order valence-corrected chi connectivity index (χ0v) is 14.5. The molecule has 0 amide bonds. The largest absolute Gasteiger partial charge is 0.479 e. The van der Waals surface area contributed by atoms with Crippen molar-refractivity contribution in [2.24, 2.45) is 5.73 Å². The van der Waals surface area contributed by atoms with Crippen LogP contribution in [0.15, 0.2) is 6.07 Å². The van der Waals surface area contributed by atoms with Gasteiger partial charge in [-0.2, -0.15) is 0 Å². The van der Waals surface area contributed by atoms with Crippen molar-refractivity contribution in [2.75, 3.05) is 22.9 Å². The standard InChI is InChI=1S/C17H17ClFN3O4/c18-11-12-9(5-10(19)13(11)21-4-3-7(20)6-21)15(23)16(24)14(17(25)26)22(12)8-1-2-8/h5,7-8,14H,1-4,6,20H2,(H,25,26). The summed E-state index contributed by atoms with van der Waals surface area (Å²) in [5, 5.41) is 9.47. The van der Waals surface area contributed by atoms with E-state index in [-0.39, 0.29) is 34.0 Å². The quantitative estimate of drug-likeness (QED) is 0.599. The third-order valence-electron chi connectivity index (χ3n) is 5.14. The van der Waals surface area contributed by atoms with E-state index in [1.165, 1.54) is 4.90 Å². The zero-order chi connectivity index (χ0) is 18.7. The summed E-state index contributed by atoms with van der Waals surface area (Å²) in [6, 6.07) is -0.952. The summed E-state index contributed by atoms with van der Waals surface area (Å²) < 4.78 is 14.8. The van der Waals surface area contributed by atoms with Gasteiger partial charge in [0.1, 0.15) is 5.82 Å². The monoisotopic (exact) mass is 381 g/mol.